The molecule has 0 radical (unpaired) electrons. The summed E-state index contributed by atoms with van der Waals surface area (Å²) in [6.45, 7) is 4.71. The maximum Gasteiger partial charge on any atom is 0.409 e. The minimum absolute atomic E-state index is 0.254. The summed E-state index contributed by atoms with van der Waals surface area (Å²) in [6.07, 6.45) is -1.08. The molecule has 1 amide bonds. The molecule has 24 heavy (non-hydrogen) atoms. The van der Waals surface area contributed by atoms with Gasteiger partial charge in [0.15, 0.2) is 0 Å². The molecule has 0 aliphatic carbocycles. The van der Waals surface area contributed by atoms with E-state index in [1.165, 1.54) is 0 Å². The van der Waals surface area contributed by atoms with E-state index in [1.807, 2.05) is 12.1 Å². The zero-order valence-corrected chi connectivity index (χ0v) is 14.5. The summed E-state index contributed by atoms with van der Waals surface area (Å²) in [5.41, 5.74) is 1.69. The van der Waals surface area contributed by atoms with Gasteiger partial charge in [0, 0.05) is 38.4 Å². The van der Waals surface area contributed by atoms with Crippen molar-refractivity contribution in [3.63, 3.8) is 0 Å². The molecule has 1 aromatic rings. The van der Waals surface area contributed by atoms with Crippen molar-refractivity contribution in [2.24, 2.45) is 0 Å². The van der Waals surface area contributed by atoms with Gasteiger partial charge in [0.05, 0.1) is 30.0 Å². The molecule has 0 spiro atoms. The summed E-state index contributed by atoms with van der Waals surface area (Å²) < 4.78 is 5.01. The Hall–Kier alpha value is -1.70. The highest BCUT2D eigenvalue weighted by Crippen LogP contribution is 2.29. The first-order valence-corrected chi connectivity index (χ1v) is 8.42. The standard InChI is InChI=1S/C16H24ClN3O4/c1-2-24-16(23)20-7-5-19(6-8-20)15-4-3-12(9-14(15)17)18-10-13(22)11-21/h3-4,9,13,18,21-22H,2,5-8,10-11H2,1H3. The molecule has 0 aromatic heterocycles. The van der Waals surface area contributed by atoms with E-state index < -0.39 is 6.10 Å². The second-order valence-corrected chi connectivity index (χ2v) is 5.96. The van der Waals surface area contributed by atoms with E-state index in [0.717, 1.165) is 11.4 Å². The van der Waals surface area contributed by atoms with Crippen LogP contribution < -0.4 is 10.2 Å². The van der Waals surface area contributed by atoms with E-state index in [2.05, 4.69) is 10.2 Å². The van der Waals surface area contributed by atoms with Crippen molar-refractivity contribution in [3.05, 3.63) is 23.2 Å². The largest absolute Gasteiger partial charge is 0.450 e. The van der Waals surface area contributed by atoms with Crippen LogP contribution in [-0.4, -0.2) is 73.2 Å². The lowest BCUT2D eigenvalue weighted by Crippen LogP contribution is -2.49. The van der Waals surface area contributed by atoms with Crippen LogP contribution in [0.3, 0.4) is 0 Å². The summed E-state index contributed by atoms with van der Waals surface area (Å²) in [7, 11) is 0. The molecule has 1 aliphatic rings. The fourth-order valence-corrected chi connectivity index (χ4v) is 2.82. The number of aliphatic hydroxyl groups excluding tert-OH is 2. The predicted molar refractivity (Wildman–Crippen MR) is 93.8 cm³/mol. The minimum atomic E-state index is -0.806. The van der Waals surface area contributed by atoms with Crippen LogP contribution in [0.25, 0.3) is 0 Å². The Morgan fingerprint density at radius 1 is 1.38 bits per heavy atom. The van der Waals surface area contributed by atoms with Gasteiger partial charge in [-0.05, 0) is 25.1 Å². The van der Waals surface area contributed by atoms with Crippen molar-refractivity contribution in [2.75, 3.05) is 56.2 Å². The van der Waals surface area contributed by atoms with Gasteiger partial charge in [0.25, 0.3) is 0 Å². The maximum atomic E-state index is 11.7. The number of benzene rings is 1. The van der Waals surface area contributed by atoms with Crippen LogP contribution in [0.5, 0.6) is 0 Å². The first-order valence-electron chi connectivity index (χ1n) is 8.04. The normalized spacial score (nSPS) is 16.0. The Balaban J connectivity index is 1.92. The third-order valence-electron chi connectivity index (χ3n) is 3.85. The van der Waals surface area contributed by atoms with Crippen molar-refractivity contribution in [1.29, 1.82) is 0 Å². The average molecular weight is 358 g/mol. The van der Waals surface area contributed by atoms with Crippen LogP contribution in [0, 0.1) is 0 Å². The summed E-state index contributed by atoms with van der Waals surface area (Å²) in [4.78, 5) is 15.5. The smallest absolute Gasteiger partial charge is 0.409 e. The number of piperazine rings is 1. The van der Waals surface area contributed by atoms with Crippen LogP contribution >= 0.6 is 11.6 Å². The van der Waals surface area contributed by atoms with Crippen LogP contribution in [0.1, 0.15) is 6.92 Å². The van der Waals surface area contributed by atoms with Crippen molar-refractivity contribution in [2.45, 2.75) is 13.0 Å². The molecule has 3 N–H and O–H groups in total. The zero-order valence-electron chi connectivity index (χ0n) is 13.7. The summed E-state index contributed by atoms with van der Waals surface area (Å²) in [5, 5.41) is 21.8. The molecule has 2 rings (SSSR count). The lowest BCUT2D eigenvalue weighted by molar-refractivity contribution is 0.105. The molecule has 1 fully saturated rings. The molecule has 0 bridgehead atoms. The molecule has 1 unspecified atom stereocenters. The highest BCUT2D eigenvalue weighted by Gasteiger charge is 2.23. The number of halogens is 1. The van der Waals surface area contributed by atoms with Gasteiger partial charge in [-0.25, -0.2) is 4.79 Å². The number of carbonyl (C=O) groups excluding carboxylic acids is 1. The van der Waals surface area contributed by atoms with Gasteiger partial charge in [-0.15, -0.1) is 0 Å². The fourth-order valence-electron chi connectivity index (χ4n) is 2.52. The van der Waals surface area contributed by atoms with Gasteiger partial charge in [-0.1, -0.05) is 11.6 Å². The third-order valence-corrected chi connectivity index (χ3v) is 4.15. The number of ether oxygens (including phenoxy) is 1. The quantitative estimate of drug-likeness (QED) is 0.713. The van der Waals surface area contributed by atoms with Crippen molar-refractivity contribution < 1.29 is 19.7 Å². The van der Waals surface area contributed by atoms with Gasteiger partial charge in [0.1, 0.15) is 0 Å². The highest BCUT2D eigenvalue weighted by atomic mass is 35.5. The Morgan fingerprint density at radius 3 is 2.67 bits per heavy atom. The van der Waals surface area contributed by atoms with Gasteiger partial charge in [0.2, 0.25) is 0 Å². The molecule has 1 aliphatic heterocycles. The second kappa shape index (κ2) is 8.96. The second-order valence-electron chi connectivity index (χ2n) is 5.56. The molecule has 1 atom stereocenters. The zero-order chi connectivity index (χ0) is 17.5. The van der Waals surface area contributed by atoms with Gasteiger partial charge in [-0.3, -0.25) is 0 Å². The Morgan fingerprint density at radius 2 is 2.08 bits per heavy atom. The van der Waals surface area contributed by atoms with E-state index in [9.17, 15) is 9.90 Å². The number of nitrogens with zero attached hydrogens (tertiary/aromatic N) is 2. The number of hydrogen-bond acceptors (Lipinski definition) is 6. The monoisotopic (exact) mass is 357 g/mol. The SMILES string of the molecule is CCOC(=O)N1CCN(c2ccc(NCC(O)CO)cc2Cl)CC1. The lowest BCUT2D eigenvalue weighted by atomic mass is 10.2. The molecule has 0 saturated carbocycles. The molecule has 1 heterocycles. The van der Waals surface area contributed by atoms with Gasteiger partial charge in [-0.2, -0.15) is 0 Å². The summed E-state index contributed by atoms with van der Waals surface area (Å²) in [5.74, 6) is 0. The molecular weight excluding hydrogens is 334 g/mol. The minimum Gasteiger partial charge on any atom is -0.450 e. The van der Waals surface area contributed by atoms with E-state index in [1.54, 1.807) is 17.9 Å². The number of anilines is 2. The molecule has 1 aromatic carbocycles. The molecule has 8 heteroatoms. The number of hydrogen-bond donors (Lipinski definition) is 3. The van der Waals surface area contributed by atoms with Crippen molar-refractivity contribution in [1.82, 2.24) is 4.90 Å². The number of rotatable bonds is 6. The topological polar surface area (TPSA) is 85.3 Å². The molecule has 7 nitrogen and oxygen atoms in total. The number of nitrogens with one attached hydrogen (secondary N) is 1. The average Bonchev–Trinajstić information content (AvgIpc) is 2.60. The van der Waals surface area contributed by atoms with Crippen molar-refractivity contribution >= 4 is 29.1 Å². The fraction of sp³-hybridized carbons (Fsp3) is 0.562. The summed E-state index contributed by atoms with van der Waals surface area (Å²) >= 11 is 6.36. The van der Waals surface area contributed by atoms with Crippen LogP contribution in [0.15, 0.2) is 18.2 Å². The van der Waals surface area contributed by atoms with Crippen LogP contribution in [0.2, 0.25) is 5.02 Å². The Bertz CT molecular complexity index is 550. The maximum absolute atomic E-state index is 11.7. The molecular formula is C16H24ClN3O4. The van der Waals surface area contributed by atoms with Gasteiger partial charge < -0.3 is 30.1 Å². The Labute approximate surface area is 146 Å². The molecule has 134 valence electrons. The third kappa shape index (κ3) is 4.90. The number of aliphatic hydroxyl groups is 2. The highest BCUT2D eigenvalue weighted by molar-refractivity contribution is 6.33. The first-order chi connectivity index (χ1) is 11.5. The summed E-state index contributed by atoms with van der Waals surface area (Å²) in [6, 6.07) is 5.58. The number of amides is 1. The van der Waals surface area contributed by atoms with Crippen molar-refractivity contribution in [3.8, 4) is 0 Å². The predicted octanol–water partition coefficient (Wildman–Crippen LogP) is 1.38. The van der Waals surface area contributed by atoms with E-state index in [-0.39, 0.29) is 19.2 Å². The molecule has 1 saturated heterocycles. The Kier molecular flexibility index (Phi) is 6.96. The van der Waals surface area contributed by atoms with Crippen LogP contribution in [0.4, 0.5) is 16.2 Å². The van der Waals surface area contributed by atoms with Crippen LogP contribution in [-0.2, 0) is 4.74 Å². The van der Waals surface area contributed by atoms with E-state index in [0.29, 0.717) is 37.8 Å². The number of carbonyl (C=O) groups is 1. The first kappa shape index (κ1) is 18.6. The van der Waals surface area contributed by atoms with E-state index in [4.69, 9.17) is 21.4 Å². The van der Waals surface area contributed by atoms with Gasteiger partial charge >= 0.3 is 6.09 Å². The van der Waals surface area contributed by atoms with E-state index >= 15 is 0 Å². The lowest BCUT2D eigenvalue weighted by Gasteiger charge is -2.35.